The maximum atomic E-state index is 12.0. The molecule has 0 fully saturated rings. The zero-order valence-electron chi connectivity index (χ0n) is 12.4. The summed E-state index contributed by atoms with van der Waals surface area (Å²) in [5.74, 6) is 0.225. The predicted octanol–water partition coefficient (Wildman–Crippen LogP) is 2.78. The lowest BCUT2D eigenvalue weighted by Crippen LogP contribution is -2.31. The number of hydrogen-bond donors (Lipinski definition) is 1. The molecule has 0 aromatic heterocycles. The van der Waals surface area contributed by atoms with Crippen LogP contribution in [0.15, 0.2) is 48.5 Å². The Balaban J connectivity index is 1.53. The van der Waals surface area contributed by atoms with Crippen LogP contribution in [0.4, 0.5) is 5.69 Å². The molecule has 1 N–H and O–H groups in total. The lowest BCUT2D eigenvalue weighted by Gasteiger charge is -2.14. The fourth-order valence-electron chi connectivity index (χ4n) is 2.76. The Morgan fingerprint density at radius 2 is 1.96 bits per heavy atom. The largest absolute Gasteiger partial charge is 0.484 e. The molecule has 0 heterocycles. The van der Waals surface area contributed by atoms with Crippen molar-refractivity contribution >= 4 is 11.6 Å². The number of nitrogens with one attached hydrogen (secondary N) is 1. The SMILES string of the molecule is O=C(COc1ccc([N+](=O)[O-])cc1)N[C@@H]1CCc2ccccc21. The molecular weight excluding hydrogens is 296 g/mol. The molecule has 0 aliphatic heterocycles. The van der Waals surface area contributed by atoms with Crippen molar-refractivity contribution in [1.29, 1.82) is 0 Å². The van der Waals surface area contributed by atoms with E-state index in [2.05, 4.69) is 11.4 Å². The van der Waals surface area contributed by atoms with Gasteiger partial charge in [-0.25, -0.2) is 0 Å². The number of ether oxygens (including phenoxy) is 1. The minimum Gasteiger partial charge on any atom is -0.484 e. The van der Waals surface area contributed by atoms with Gasteiger partial charge < -0.3 is 10.1 Å². The van der Waals surface area contributed by atoms with Gasteiger partial charge in [0.25, 0.3) is 11.6 Å². The van der Waals surface area contributed by atoms with Gasteiger partial charge in [0.2, 0.25) is 0 Å². The Hall–Kier alpha value is -2.89. The summed E-state index contributed by atoms with van der Waals surface area (Å²) in [5.41, 5.74) is 2.43. The molecule has 3 rings (SSSR count). The number of carbonyl (C=O) groups is 1. The smallest absolute Gasteiger partial charge is 0.269 e. The zero-order valence-corrected chi connectivity index (χ0v) is 12.4. The lowest BCUT2D eigenvalue weighted by atomic mass is 10.1. The summed E-state index contributed by atoms with van der Waals surface area (Å²) >= 11 is 0. The third-order valence-corrected chi connectivity index (χ3v) is 3.89. The maximum Gasteiger partial charge on any atom is 0.269 e. The summed E-state index contributed by atoms with van der Waals surface area (Å²) in [6, 6.07) is 13.8. The third kappa shape index (κ3) is 3.48. The number of hydrogen-bond acceptors (Lipinski definition) is 4. The second kappa shape index (κ2) is 6.48. The van der Waals surface area contributed by atoms with Gasteiger partial charge in [-0.15, -0.1) is 0 Å². The Labute approximate surface area is 133 Å². The number of benzene rings is 2. The Kier molecular flexibility index (Phi) is 4.23. The summed E-state index contributed by atoms with van der Waals surface area (Å²) < 4.78 is 5.37. The average molecular weight is 312 g/mol. The topological polar surface area (TPSA) is 81.5 Å². The van der Waals surface area contributed by atoms with Crippen molar-refractivity contribution in [2.24, 2.45) is 0 Å². The first kappa shape index (κ1) is 15.0. The van der Waals surface area contributed by atoms with Gasteiger partial charge in [-0.05, 0) is 36.1 Å². The maximum absolute atomic E-state index is 12.0. The molecule has 0 spiro atoms. The van der Waals surface area contributed by atoms with E-state index in [0.29, 0.717) is 5.75 Å². The van der Waals surface area contributed by atoms with Crippen LogP contribution in [-0.4, -0.2) is 17.4 Å². The van der Waals surface area contributed by atoms with E-state index in [-0.39, 0.29) is 24.2 Å². The number of nitrogens with zero attached hydrogens (tertiary/aromatic N) is 1. The Morgan fingerprint density at radius 3 is 2.70 bits per heavy atom. The van der Waals surface area contributed by atoms with Crippen LogP contribution in [0.25, 0.3) is 0 Å². The van der Waals surface area contributed by atoms with E-state index >= 15 is 0 Å². The van der Waals surface area contributed by atoms with Crippen molar-refractivity contribution < 1.29 is 14.5 Å². The highest BCUT2D eigenvalue weighted by Crippen LogP contribution is 2.30. The number of non-ortho nitro benzene ring substituents is 1. The van der Waals surface area contributed by atoms with Crippen molar-refractivity contribution in [2.75, 3.05) is 6.61 Å². The van der Waals surface area contributed by atoms with E-state index < -0.39 is 4.92 Å². The molecule has 23 heavy (non-hydrogen) atoms. The molecule has 0 unspecified atom stereocenters. The van der Waals surface area contributed by atoms with E-state index in [9.17, 15) is 14.9 Å². The molecule has 1 atom stereocenters. The molecule has 0 radical (unpaired) electrons. The van der Waals surface area contributed by atoms with Crippen molar-refractivity contribution in [1.82, 2.24) is 5.32 Å². The van der Waals surface area contributed by atoms with Crippen LogP contribution in [0.1, 0.15) is 23.6 Å². The molecule has 2 aromatic carbocycles. The van der Waals surface area contributed by atoms with E-state index in [0.717, 1.165) is 18.4 Å². The molecule has 1 amide bonds. The summed E-state index contributed by atoms with van der Waals surface area (Å²) in [7, 11) is 0. The number of rotatable bonds is 5. The normalized spacial score (nSPS) is 15.7. The molecule has 1 aliphatic carbocycles. The molecule has 118 valence electrons. The van der Waals surface area contributed by atoms with Crippen LogP contribution in [-0.2, 0) is 11.2 Å². The minimum atomic E-state index is -0.478. The lowest BCUT2D eigenvalue weighted by molar-refractivity contribution is -0.384. The molecule has 2 aromatic rings. The highest BCUT2D eigenvalue weighted by atomic mass is 16.6. The standard InChI is InChI=1S/C17H16N2O4/c20-17(11-23-14-8-6-13(7-9-14)19(21)22)18-16-10-5-12-3-1-2-4-15(12)16/h1-4,6-9,16H,5,10-11H2,(H,18,20)/t16-/m1/s1. The van der Waals surface area contributed by atoms with E-state index in [1.807, 2.05) is 18.2 Å². The highest BCUT2D eigenvalue weighted by molar-refractivity contribution is 5.78. The number of nitro benzene ring substituents is 1. The average Bonchev–Trinajstić information content (AvgIpc) is 2.96. The fraction of sp³-hybridized carbons (Fsp3) is 0.235. The van der Waals surface area contributed by atoms with Gasteiger partial charge in [-0.3, -0.25) is 14.9 Å². The van der Waals surface area contributed by atoms with Gasteiger partial charge in [0.15, 0.2) is 6.61 Å². The second-order valence-electron chi connectivity index (χ2n) is 5.40. The number of fused-ring (bicyclic) bond motifs is 1. The van der Waals surface area contributed by atoms with Crippen LogP contribution in [0.2, 0.25) is 0 Å². The molecule has 0 bridgehead atoms. The molecule has 1 aliphatic rings. The molecule has 0 saturated heterocycles. The van der Waals surface area contributed by atoms with Crippen molar-refractivity contribution in [3.05, 3.63) is 69.8 Å². The van der Waals surface area contributed by atoms with Crippen LogP contribution in [0, 0.1) is 10.1 Å². The van der Waals surface area contributed by atoms with Gasteiger partial charge in [-0.1, -0.05) is 24.3 Å². The third-order valence-electron chi connectivity index (χ3n) is 3.89. The van der Waals surface area contributed by atoms with E-state index in [4.69, 9.17) is 4.74 Å². The number of amides is 1. The van der Waals surface area contributed by atoms with Gasteiger partial charge in [0.1, 0.15) is 5.75 Å². The first-order valence-electron chi connectivity index (χ1n) is 7.38. The number of nitro groups is 1. The number of carbonyl (C=O) groups excluding carboxylic acids is 1. The predicted molar refractivity (Wildman–Crippen MR) is 84.2 cm³/mol. The monoisotopic (exact) mass is 312 g/mol. The fourth-order valence-corrected chi connectivity index (χ4v) is 2.76. The summed E-state index contributed by atoms with van der Waals surface area (Å²) in [6.07, 6.45) is 1.85. The van der Waals surface area contributed by atoms with E-state index in [1.54, 1.807) is 0 Å². The van der Waals surface area contributed by atoms with Crippen molar-refractivity contribution in [3.63, 3.8) is 0 Å². The first-order valence-corrected chi connectivity index (χ1v) is 7.38. The Bertz CT molecular complexity index is 728. The van der Waals surface area contributed by atoms with Crippen LogP contribution in [0.3, 0.4) is 0 Å². The quantitative estimate of drug-likeness (QED) is 0.680. The zero-order chi connectivity index (χ0) is 16.2. The van der Waals surface area contributed by atoms with Crippen LogP contribution in [0.5, 0.6) is 5.75 Å². The minimum absolute atomic E-state index is 0.00985. The van der Waals surface area contributed by atoms with Gasteiger partial charge in [0.05, 0.1) is 11.0 Å². The van der Waals surface area contributed by atoms with Gasteiger partial charge in [-0.2, -0.15) is 0 Å². The van der Waals surface area contributed by atoms with Crippen molar-refractivity contribution in [2.45, 2.75) is 18.9 Å². The highest BCUT2D eigenvalue weighted by Gasteiger charge is 2.23. The summed E-state index contributed by atoms with van der Waals surface area (Å²) in [5, 5.41) is 13.5. The van der Waals surface area contributed by atoms with Crippen LogP contribution < -0.4 is 10.1 Å². The second-order valence-corrected chi connectivity index (χ2v) is 5.40. The molecule has 0 saturated carbocycles. The Morgan fingerprint density at radius 1 is 1.22 bits per heavy atom. The van der Waals surface area contributed by atoms with E-state index in [1.165, 1.54) is 29.8 Å². The van der Waals surface area contributed by atoms with Gasteiger partial charge >= 0.3 is 0 Å². The molecule has 6 nitrogen and oxygen atoms in total. The number of aryl methyl sites for hydroxylation is 1. The summed E-state index contributed by atoms with van der Waals surface area (Å²) in [4.78, 5) is 22.1. The first-order chi connectivity index (χ1) is 11.1. The summed E-state index contributed by atoms with van der Waals surface area (Å²) in [6.45, 7) is -0.115. The van der Waals surface area contributed by atoms with Gasteiger partial charge in [0, 0.05) is 12.1 Å². The molecule has 6 heteroatoms. The molecular formula is C17H16N2O4. The van der Waals surface area contributed by atoms with Crippen LogP contribution >= 0.6 is 0 Å². The van der Waals surface area contributed by atoms with Crippen molar-refractivity contribution in [3.8, 4) is 5.75 Å².